The molecule has 3 aromatic rings. The minimum absolute atomic E-state index is 0.0307. The molecule has 27 heavy (non-hydrogen) atoms. The van der Waals surface area contributed by atoms with Gasteiger partial charge in [0.15, 0.2) is 0 Å². The molecule has 1 heterocycles. The van der Waals surface area contributed by atoms with Crippen LogP contribution in [0.25, 0.3) is 22.0 Å². The number of aromatic nitrogens is 1. The van der Waals surface area contributed by atoms with Crippen LogP contribution in [0.4, 0.5) is 4.39 Å². The number of carboxylic acid groups (broad SMARTS) is 1. The number of carboxylic acids is 1. The van der Waals surface area contributed by atoms with E-state index in [0.717, 1.165) is 6.07 Å². The van der Waals surface area contributed by atoms with E-state index >= 15 is 0 Å². The number of methoxy groups -OCH3 is 1. The van der Waals surface area contributed by atoms with Crippen molar-refractivity contribution in [3.05, 3.63) is 58.1 Å². The summed E-state index contributed by atoms with van der Waals surface area (Å²) in [6.07, 6.45) is 0.707. The first-order chi connectivity index (χ1) is 13.0. The Labute approximate surface area is 154 Å². The number of fused-ring (bicyclic) bond motifs is 1. The number of carbonyl (C=O) groups is 1. The zero-order valence-corrected chi connectivity index (χ0v) is 14.8. The van der Waals surface area contributed by atoms with Gasteiger partial charge in [-0.15, -0.1) is 0 Å². The van der Waals surface area contributed by atoms with Gasteiger partial charge >= 0.3 is 5.97 Å². The van der Waals surface area contributed by atoms with Crippen molar-refractivity contribution in [2.24, 2.45) is 0 Å². The van der Waals surface area contributed by atoms with Crippen LogP contribution in [0.15, 0.2) is 41.2 Å². The van der Waals surface area contributed by atoms with E-state index < -0.39 is 17.2 Å². The first-order valence-electron chi connectivity index (χ1n) is 8.37. The Balaban J connectivity index is 2.34. The summed E-state index contributed by atoms with van der Waals surface area (Å²) >= 11 is 0. The number of benzene rings is 2. The van der Waals surface area contributed by atoms with Gasteiger partial charge in [-0.1, -0.05) is 19.1 Å². The number of hydrogen-bond acceptors (Lipinski definition) is 4. The molecule has 0 spiro atoms. The standard InChI is InChI=1S/C20H18FNO5/c1-3-10-27-14-9-8-13(21)16-17(14)22-18(20(24)25)15(19(16)23)11-4-6-12(26-2)7-5-11/h4-9H,3,10H2,1-2H3,(H,22,23)(H,24,25). The maximum absolute atomic E-state index is 14.5. The van der Waals surface area contributed by atoms with E-state index in [0.29, 0.717) is 24.3 Å². The lowest BCUT2D eigenvalue weighted by Gasteiger charge is -2.13. The lowest BCUT2D eigenvalue weighted by atomic mass is 10.00. The molecule has 0 aliphatic carbocycles. The van der Waals surface area contributed by atoms with Crippen LogP contribution in [0.5, 0.6) is 11.5 Å². The molecule has 6 nitrogen and oxygen atoms in total. The monoisotopic (exact) mass is 371 g/mol. The highest BCUT2D eigenvalue weighted by Gasteiger charge is 2.22. The lowest BCUT2D eigenvalue weighted by Crippen LogP contribution is -2.17. The first-order valence-corrected chi connectivity index (χ1v) is 8.37. The zero-order valence-electron chi connectivity index (χ0n) is 14.8. The highest BCUT2D eigenvalue weighted by molar-refractivity contribution is 5.99. The third kappa shape index (κ3) is 3.36. The van der Waals surface area contributed by atoms with Gasteiger partial charge in [0, 0.05) is 0 Å². The van der Waals surface area contributed by atoms with Crippen molar-refractivity contribution in [2.75, 3.05) is 13.7 Å². The van der Waals surface area contributed by atoms with E-state index in [4.69, 9.17) is 9.47 Å². The van der Waals surface area contributed by atoms with Crippen molar-refractivity contribution < 1.29 is 23.8 Å². The predicted octanol–water partition coefficient (Wildman–Crippen LogP) is 3.83. The van der Waals surface area contributed by atoms with Gasteiger partial charge in [0.2, 0.25) is 5.43 Å². The summed E-state index contributed by atoms with van der Waals surface area (Å²) in [5.41, 5.74) is -0.793. The summed E-state index contributed by atoms with van der Waals surface area (Å²) in [5, 5.41) is 9.38. The molecule has 0 aliphatic heterocycles. The average Bonchev–Trinajstić information content (AvgIpc) is 2.67. The van der Waals surface area contributed by atoms with Crippen LogP contribution in [0, 0.1) is 5.82 Å². The minimum atomic E-state index is -1.33. The fourth-order valence-electron chi connectivity index (χ4n) is 2.86. The quantitative estimate of drug-likeness (QED) is 0.687. The SMILES string of the molecule is CCCOc1ccc(F)c2c(=O)c(-c3ccc(OC)cc3)c(C(=O)O)[nH]c12. The Morgan fingerprint density at radius 3 is 2.48 bits per heavy atom. The minimum Gasteiger partial charge on any atom is -0.497 e. The Morgan fingerprint density at radius 1 is 1.19 bits per heavy atom. The first kappa shape index (κ1) is 18.4. The Morgan fingerprint density at radius 2 is 1.89 bits per heavy atom. The van der Waals surface area contributed by atoms with Crippen LogP contribution in [0.3, 0.4) is 0 Å². The molecule has 0 fully saturated rings. The van der Waals surface area contributed by atoms with Crippen molar-refractivity contribution in [1.82, 2.24) is 4.98 Å². The van der Waals surface area contributed by atoms with Gasteiger partial charge in [-0.3, -0.25) is 4.79 Å². The number of aromatic carboxylic acids is 1. The summed E-state index contributed by atoms with van der Waals surface area (Å²) in [4.78, 5) is 27.5. The highest BCUT2D eigenvalue weighted by atomic mass is 19.1. The van der Waals surface area contributed by atoms with E-state index in [1.807, 2.05) is 6.92 Å². The smallest absolute Gasteiger partial charge is 0.353 e. The summed E-state index contributed by atoms with van der Waals surface area (Å²) in [7, 11) is 1.49. The largest absolute Gasteiger partial charge is 0.497 e. The third-order valence-electron chi connectivity index (χ3n) is 4.12. The van der Waals surface area contributed by atoms with Crippen LogP contribution in [-0.2, 0) is 0 Å². The molecule has 0 unspecified atom stereocenters. The maximum atomic E-state index is 14.5. The molecule has 7 heteroatoms. The van der Waals surface area contributed by atoms with Gasteiger partial charge in [0.05, 0.1) is 30.2 Å². The van der Waals surface area contributed by atoms with Crippen molar-refractivity contribution in [3.8, 4) is 22.6 Å². The molecular formula is C20H18FNO5. The number of ether oxygens (including phenoxy) is 2. The van der Waals surface area contributed by atoms with Crippen molar-refractivity contribution in [2.45, 2.75) is 13.3 Å². The van der Waals surface area contributed by atoms with Crippen LogP contribution >= 0.6 is 0 Å². The van der Waals surface area contributed by atoms with Crippen LogP contribution in [0.2, 0.25) is 0 Å². The van der Waals surface area contributed by atoms with Gasteiger partial charge in [0.1, 0.15) is 23.0 Å². The molecule has 0 bridgehead atoms. The third-order valence-corrected chi connectivity index (χ3v) is 4.12. The van der Waals surface area contributed by atoms with E-state index in [1.165, 1.54) is 13.2 Å². The summed E-state index contributed by atoms with van der Waals surface area (Å²) < 4.78 is 25.1. The fourth-order valence-corrected chi connectivity index (χ4v) is 2.86. The van der Waals surface area contributed by atoms with Crippen LogP contribution < -0.4 is 14.9 Å². The molecule has 0 amide bonds. The molecule has 1 aromatic heterocycles. The summed E-state index contributed by atoms with van der Waals surface area (Å²) in [6, 6.07) is 8.82. The molecular weight excluding hydrogens is 353 g/mol. The predicted molar refractivity (Wildman–Crippen MR) is 99.3 cm³/mol. The number of H-pyrrole nitrogens is 1. The zero-order chi connectivity index (χ0) is 19.6. The Hall–Kier alpha value is -3.35. The maximum Gasteiger partial charge on any atom is 0.353 e. The molecule has 2 N–H and O–H groups in total. The number of pyridine rings is 1. The topological polar surface area (TPSA) is 88.6 Å². The van der Waals surface area contributed by atoms with E-state index in [1.54, 1.807) is 24.3 Å². The number of nitrogens with one attached hydrogen (secondary N) is 1. The second-order valence-corrected chi connectivity index (χ2v) is 5.88. The number of aromatic amines is 1. The van der Waals surface area contributed by atoms with Gasteiger partial charge in [-0.05, 0) is 36.2 Å². The normalized spacial score (nSPS) is 10.8. The van der Waals surface area contributed by atoms with Crippen LogP contribution in [-0.4, -0.2) is 29.8 Å². The Kier molecular flexibility index (Phi) is 5.12. The van der Waals surface area contributed by atoms with Crippen molar-refractivity contribution in [1.29, 1.82) is 0 Å². The molecule has 0 saturated heterocycles. The van der Waals surface area contributed by atoms with E-state index in [2.05, 4.69) is 4.98 Å². The molecule has 0 atom stereocenters. The van der Waals surface area contributed by atoms with Gasteiger partial charge in [-0.2, -0.15) is 0 Å². The van der Waals surface area contributed by atoms with Crippen molar-refractivity contribution >= 4 is 16.9 Å². The Bertz CT molecular complexity index is 1060. The summed E-state index contributed by atoms with van der Waals surface area (Å²) in [6.45, 7) is 2.25. The molecule has 3 rings (SSSR count). The number of rotatable bonds is 6. The molecule has 140 valence electrons. The fraction of sp³-hybridized carbons (Fsp3) is 0.200. The second-order valence-electron chi connectivity index (χ2n) is 5.88. The lowest BCUT2D eigenvalue weighted by molar-refractivity contribution is 0.0691. The summed E-state index contributed by atoms with van der Waals surface area (Å²) in [5.74, 6) is -1.30. The molecule has 0 radical (unpaired) electrons. The number of hydrogen-bond donors (Lipinski definition) is 2. The van der Waals surface area contributed by atoms with Crippen molar-refractivity contribution in [3.63, 3.8) is 0 Å². The number of halogens is 1. The average molecular weight is 371 g/mol. The molecule has 0 aliphatic rings. The van der Waals surface area contributed by atoms with E-state index in [-0.39, 0.29) is 27.9 Å². The van der Waals surface area contributed by atoms with Gasteiger partial charge in [0.25, 0.3) is 0 Å². The van der Waals surface area contributed by atoms with Gasteiger partial charge in [-0.25, -0.2) is 9.18 Å². The van der Waals surface area contributed by atoms with E-state index in [9.17, 15) is 19.1 Å². The highest BCUT2D eigenvalue weighted by Crippen LogP contribution is 2.29. The van der Waals surface area contributed by atoms with Crippen LogP contribution in [0.1, 0.15) is 23.8 Å². The molecule has 0 saturated carbocycles. The second kappa shape index (κ2) is 7.49. The molecule has 2 aromatic carbocycles. The van der Waals surface area contributed by atoms with Gasteiger partial charge < -0.3 is 19.6 Å².